The zero-order valence-corrected chi connectivity index (χ0v) is 14.1. The van der Waals surface area contributed by atoms with E-state index < -0.39 is 17.6 Å². The molecule has 1 aromatic heterocycles. The highest BCUT2D eigenvalue weighted by Crippen LogP contribution is 2.37. The van der Waals surface area contributed by atoms with Crippen molar-refractivity contribution in [2.24, 2.45) is 0 Å². The fourth-order valence-electron chi connectivity index (χ4n) is 1.59. The second kappa shape index (κ2) is 5.98. The van der Waals surface area contributed by atoms with Gasteiger partial charge in [-0.25, -0.2) is 0 Å². The molecular weight excluding hydrogens is 437 g/mol. The molecule has 21 heavy (non-hydrogen) atoms. The first-order chi connectivity index (χ1) is 9.68. The monoisotopic (exact) mass is 442 g/mol. The van der Waals surface area contributed by atoms with Gasteiger partial charge in [-0.2, -0.15) is 13.2 Å². The second-order valence-electron chi connectivity index (χ2n) is 3.99. The minimum atomic E-state index is -4.61. The van der Waals surface area contributed by atoms with E-state index in [-0.39, 0.29) is 16.9 Å². The number of thiophene rings is 1. The third-order valence-electron chi connectivity index (χ3n) is 2.50. The van der Waals surface area contributed by atoms with Gasteiger partial charge in [-0.3, -0.25) is 4.79 Å². The standard InChI is InChI=1S/C12H7Br2F3N2OS/c13-9-4-6(10(14)21-9)11(20)19-8-2-1-5(18)3-7(8)12(15,16)17/h1-4H,18H2,(H,19,20). The topological polar surface area (TPSA) is 55.1 Å². The summed E-state index contributed by atoms with van der Waals surface area (Å²) in [6, 6.07) is 4.73. The zero-order chi connectivity index (χ0) is 15.8. The number of nitrogens with one attached hydrogen (secondary N) is 1. The van der Waals surface area contributed by atoms with Gasteiger partial charge < -0.3 is 11.1 Å². The molecule has 0 aliphatic carbocycles. The number of benzene rings is 1. The third kappa shape index (κ3) is 3.78. The van der Waals surface area contributed by atoms with Gasteiger partial charge >= 0.3 is 6.18 Å². The zero-order valence-electron chi connectivity index (χ0n) is 10.1. The van der Waals surface area contributed by atoms with E-state index in [1.54, 1.807) is 0 Å². The fraction of sp³-hybridized carbons (Fsp3) is 0.0833. The maximum atomic E-state index is 12.9. The van der Waals surface area contributed by atoms with Gasteiger partial charge in [0, 0.05) is 5.69 Å². The van der Waals surface area contributed by atoms with Crippen molar-refractivity contribution in [3.63, 3.8) is 0 Å². The van der Waals surface area contributed by atoms with Crippen LogP contribution in [0.4, 0.5) is 24.5 Å². The van der Waals surface area contributed by atoms with Gasteiger partial charge in [0.2, 0.25) is 0 Å². The van der Waals surface area contributed by atoms with Crippen LogP contribution in [0.2, 0.25) is 0 Å². The average molecular weight is 444 g/mol. The number of nitrogens with two attached hydrogens (primary N) is 1. The minimum Gasteiger partial charge on any atom is -0.399 e. The molecule has 3 nitrogen and oxygen atoms in total. The van der Waals surface area contributed by atoms with Crippen LogP contribution in [0.3, 0.4) is 0 Å². The molecule has 0 radical (unpaired) electrons. The molecule has 0 aliphatic rings. The van der Waals surface area contributed by atoms with Gasteiger partial charge in [-0.05, 0) is 56.1 Å². The Morgan fingerprint density at radius 1 is 1.24 bits per heavy atom. The highest BCUT2D eigenvalue weighted by molar-refractivity contribution is 9.12. The van der Waals surface area contributed by atoms with E-state index >= 15 is 0 Å². The molecule has 112 valence electrons. The van der Waals surface area contributed by atoms with E-state index in [1.165, 1.54) is 23.5 Å². The number of hydrogen-bond acceptors (Lipinski definition) is 3. The van der Waals surface area contributed by atoms with Crippen LogP contribution in [0.25, 0.3) is 0 Å². The molecule has 1 amide bonds. The molecule has 0 spiro atoms. The van der Waals surface area contributed by atoms with E-state index in [0.717, 1.165) is 12.1 Å². The SMILES string of the molecule is Nc1ccc(NC(=O)c2cc(Br)sc2Br)c(C(F)(F)F)c1. The van der Waals surface area contributed by atoms with Crippen molar-refractivity contribution in [3.8, 4) is 0 Å². The molecule has 2 aromatic rings. The van der Waals surface area contributed by atoms with Crippen LogP contribution < -0.4 is 11.1 Å². The summed E-state index contributed by atoms with van der Waals surface area (Å²) in [6.45, 7) is 0. The lowest BCUT2D eigenvalue weighted by molar-refractivity contribution is -0.136. The van der Waals surface area contributed by atoms with Crippen LogP contribution in [-0.4, -0.2) is 5.91 Å². The number of nitrogen functional groups attached to an aromatic ring is 1. The Kier molecular flexibility index (Phi) is 4.64. The van der Waals surface area contributed by atoms with Gasteiger partial charge in [0.15, 0.2) is 0 Å². The molecule has 1 heterocycles. The molecule has 3 N–H and O–H groups in total. The lowest BCUT2D eigenvalue weighted by Gasteiger charge is -2.14. The smallest absolute Gasteiger partial charge is 0.399 e. The Morgan fingerprint density at radius 2 is 1.90 bits per heavy atom. The number of carbonyl (C=O) groups excluding carboxylic acids is 1. The van der Waals surface area contributed by atoms with E-state index in [2.05, 4.69) is 37.2 Å². The largest absolute Gasteiger partial charge is 0.418 e. The van der Waals surface area contributed by atoms with Crippen molar-refractivity contribution in [3.05, 3.63) is 43.0 Å². The summed E-state index contributed by atoms with van der Waals surface area (Å²) >= 11 is 7.64. The molecule has 9 heteroatoms. The maximum absolute atomic E-state index is 12.9. The van der Waals surface area contributed by atoms with Gasteiger partial charge in [0.1, 0.15) is 0 Å². The molecular formula is C12H7Br2F3N2OS. The molecule has 1 aromatic carbocycles. The first-order valence-electron chi connectivity index (χ1n) is 5.41. The molecule has 0 aliphatic heterocycles. The number of hydrogen-bond donors (Lipinski definition) is 2. The molecule has 0 unspecified atom stereocenters. The Balaban J connectivity index is 2.36. The van der Waals surface area contributed by atoms with E-state index in [9.17, 15) is 18.0 Å². The first-order valence-corrected chi connectivity index (χ1v) is 7.81. The summed E-state index contributed by atoms with van der Waals surface area (Å²) in [5.41, 5.74) is 4.27. The quantitative estimate of drug-likeness (QED) is 0.632. The van der Waals surface area contributed by atoms with Gasteiger partial charge in [-0.1, -0.05) is 0 Å². The average Bonchev–Trinajstić information content (AvgIpc) is 2.69. The first kappa shape index (κ1) is 16.3. The summed E-state index contributed by atoms with van der Waals surface area (Å²) < 4.78 is 40.0. The number of amides is 1. The van der Waals surface area contributed by atoms with Gasteiger partial charge in [0.05, 0.1) is 24.4 Å². The number of anilines is 2. The Labute approximate surface area is 138 Å². The molecule has 0 fully saturated rings. The Bertz CT molecular complexity index is 700. The minimum absolute atomic E-state index is 0.0280. The summed E-state index contributed by atoms with van der Waals surface area (Å²) in [7, 11) is 0. The fourth-order valence-corrected chi connectivity index (χ4v) is 4.38. The summed E-state index contributed by atoms with van der Waals surface area (Å²) in [5, 5.41) is 2.26. The van der Waals surface area contributed by atoms with Gasteiger partial charge in [-0.15, -0.1) is 11.3 Å². The summed E-state index contributed by atoms with van der Waals surface area (Å²) in [4.78, 5) is 12.1. The van der Waals surface area contributed by atoms with Gasteiger partial charge in [0.25, 0.3) is 5.91 Å². The molecule has 0 atom stereocenters. The molecule has 0 saturated carbocycles. The molecule has 0 bridgehead atoms. The van der Waals surface area contributed by atoms with Crippen molar-refractivity contribution >= 4 is 60.5 Å². The van der Waals surface area contributed by atoms with Crippen LogP contribution in [0, 0.1) is 0 Å². The van der Waals surface area contributed by atoms with Crippen LogP contribution >= 0.6 is 43.2 Å². The lowest BCUT2D eigenvalue weighted by Crippen LogP contribution is -2.16. The highest BCUT2D eigenvalue weighted by Gasteiger charge is 2.34. The highest BCUT2D eigenvalue weighted by atomic mass is 79.9. The predicted molar refractivity (Wildman–Crippen MR) is 83.5 cm³/mol. The normalized spacial score (nSPS) is 11.5. The Morgan fingerprint density at radius 3 is 2.43 bits per heavy atom. The van der Waals surface area contributed by atoms with Crippen molar-refractivity contribution < 1.29 is 18.0 Å². The van der Waals surface area contributed by atoms with E-state index in [0.29, 0.717) is 7.57 Å². The number of rotatable bonds is 2. The third-order valence-corrected chi connectivity index (χ3v) is 4.84. The van der Waals surface area contributed by atoms with Crippen molar-refractivity contribution in [1.82, 2.24) is 0 Å². The van der Waals surface area contributed by atoms with E-state index in [4.69, 9.17) is 5.73 Å². The van der Waals surface area contributed by atoms with Crippen LogP contribution in [-0.2, 0) is 6.18 Å². The van der Waals surface area contributed by atoms with Crippen molar-refractivity contribution in [2.75, 3.05) is 11.1 Å². The lowest BCUT2D eigenvalue weighted by atomic mass is 10.1. The van der Waals surface area contributed by atoms with E-state index in [1.807, 2.05) is 0 Å². The van der Waals surface area contributed by atoms with Crippen molar-refractivity contribution in [2.45, 2.75) is 6.18 Å². The van der Waals surface area contributed by atoms with Crippen LogP contribution in [0.5, 0.6) is 0 Å². The van der Waals surface area contributed by atoms with Crippen LogP contribution in [0.15, 0.2) is 31.8 Å². The number of alkyl halides is 3. The Hall–Kier alpha value is -1.06. The number of halogens is 5. The maximum Gasteiger partial charge on any atom is 0.418 e. The van der Waals surface area contributed by atoms with Crippen LogP contribution in [0.1, 0.15) is 15.9 Å². The molecule has 0 saturated heterocycles. The number of carbonyl (C=O) groups is 1. The second-order valence-corrected chi connectivity index (χ2v) is 7.74. The predicted octanol–water partition coefficient (Wildman–Crippen LogP) is 5.13. The summed E-state index contributed by atoms with van der Waals surface area (Å²) in [5.74, 6) is -0.640. The molecule has 2 rings (SSSR count). The van der Waals surface area contributed by atoms with Crippen molar-refractivity contribution in [1.29, 1.82) is 0 Å². The summed E-state index contributed by atoms with van der Waals surface area (Å²) in [6.07, 6.45) is -4.61.